The number of rotatable bonds is 7. The molecule has 1 aliphatic rings. The minimum atomic E-state index is -0.938. The molecule has 0 saturated heterocycles. The van der Waals surface area contributed by atoms with E-state index in [1.807, 2.05) is 51.9 Å². The standard InChI is InChI=1S/C13H12N2O2S.C13H12N2O2.ClH.Na.H/c16-13(17)10-2-1-9-5-11(18-12(9)6-10)7-15-4-3-14-8-15;16-13(17)6-5-11-1-3-12(4-2-11)9-15-8-7-14-10-15;;;/h3-6,8H,1-2,7H2,(H,16,17);1-8,10H,9H2,(H,16,17);1H;;/q;;;+1;-1/b;6-5+;;;. The van der Waals surface area contributed by atoms with E-state index in [1.165, 1.54) is 10.4 Å². The first kappa shape index (κ1) is 30.3. The van der Waals surface area contributed by atoms with Crippen LogP contribution in [0, 0.1) is 0 Å². The number of benzene rings is 1. The minimum Gasteiger partial charge on any atom is -1.00 e. The molecule has 1 aliphatic carbocycles. The number of carboxylic acids is 2. The van der Waals surface area contributed by atoms with Crippen molar-refractivity contribution in [2.24, 2.45) is 0 Å². The van der Waals surface area contributed by atoms with Crippen LogP contribution >= 0.6 is 23.7 Å². The van der Waals surface area contributed by atoms with E-state index in [9.17, 15) is 9.59 Å². The van der Waals surface area contributed by atoms with Crippen LogP contribution in [0.15, 0.2) is 79.4 Å². The molecule has 0 fully saturated rings. The number of hydrogen-bond acceptors (Lipinski definition) is 5. The van der Waals surface area contributed by atoms with E-state index in [1.54, 1.807) is 42.5 Å². The van der Waals surface area contributed by atoms with Crippen molar-refractivity contribution in [2.45, 2.75) is 25.9 Å². The SMILES string of the molecule is Cl.O=C(O)/C=C/c1ccc(Cn2ccnc2)cc1.O=C(O)C1=Cc2sc(Cn3ccnc3)cc2CC1.[H-].[Na+]. The maximum absolute atomic E-state index is 11.0. The second kappa shape index (κ2) is 14.7. The smallest absolute Gasteiger partial charge is 1.00 e. The summed E-state index contributed by atoms with van der Waals surface area (Å²) in [6.45, 7) is 1.57. The third kappa shape index (κ3) is 9.14. The fraction of sp³-hybridized carbons (Fsp3) is 0.154. The van der Waals surface area contributed by atoms with Gasteiger partial charge in [0.1, 0.15) is 0 Å². The molecule has 3 heterocycles. The predicted octanol–water partition coefficient (Wildman–Crippen LogP) is 1.97. The normalized spacial score (nSPS) is 11.8. The zero-order valence-electron chi connectivity index (χ0n) is 21.2. The fourth-order valence-corrected chi connectivity index (χ4v) is 4.81. The first-order chi connectivity index (χ1) is 17.0. The summed E-state index contributed by atoms with van der Waals surface area (Å²) in [6.07, 6.45) is 16.8. The molecule has 0 saturated carbocycles. The van der Waals surface area contributed by atoms with E-state index in [-0.39, 0.29) is 43.4 Å². The van der Waals surface area contributed by atoms with Gasteiger partial charge < -0.3 is 20.8 Å². The van der Waals surface area contributed by atoms with Gasteiger partial charge in [-0.25, -0.2) is 19.6 Å². The zero-order valence-corrected chi connectivity index (χ0v) is 23.9. The number of nitrogens with zero attached hydrogens (tertiary/aromatic N) is 4. The van der Waals surface area contributed by atoms with Crippen LogP contribution in [0.3, 0.4) is 0 Å². The summed E-state index contributed by atoms with van der Waals surface area (Å²) in [5, 5.41) is 17.5. The molecule has 0 unspecified atom stereocenters. The van der Waals surface area contributed by atoms with Gasteiger partial charge in [0.15, 0.2) is 0 Å². The molecule has 1 aromatic carbocycles. The van der Waals surface area contributed by atoms with Crippen LogP contribution < -0.4 is 29.6 Å². The van der Waals surface area contributed by atoms with Gasteiger partial charge >= 0.3 is 41.5 Å². The summed E-state index contributed by atoms with van der Waals surface area (Å²) in [6, 6.07) is 9.91. The molecule has 188 valence electrons. The van der Waals surface area contributed by atoms with Crippen LogP contribution in [0.25, 0.3) is 12.2 Å². The van der Waals surface area contributed by atoms with Crippen LogP contribution in [0.2, 0.25) is 0 Å². The molecule has 0 atom stereocenters. The van der Waals surface area contributed by atoms with Crippen molar-refractivity contribution in [2.75, 3.05) is 0 Å². The molecule has 0 spiro atoms. The van der Waals surface area contributed by atoms with Crippen molar-refractivity contribution in [3.8, 4) is 0 Å². The van der Waals surface area contributed by atoms with E-state index >= 15 is 0 Å². The molecule has 4 aromatic rings. The van der Waals surface area contributed by atoms with Gasteiger partial charge in [0, 0.05) is 52.7 Å². The molecule has 2 N–H and O–H groups in total. The van der Waals surface area contributed by atoms with Gasteiger partial charge in [-0.2, -0.15) is 0 Å². The maximum atomic E-state index is 11.0. The summed E-state index contributed by atoms with van der Waals surface area (Å²) in [4.78, 5) is 31.6. The van der Waals surface area contributed by atoms with Crippen LogP contribution in [0.5, 0.6) is 0 Å². The average molecular weight is 549 g/mol. The van der Waals surface area contributed by atoms with Crippen molar-refractivity contribution in [3.63, 3.8) is 0 Å². The fourth-order valence-electron chi connectivity index (χ4n) is 3.62. The third-order valence-electron chi connectivity index (χ3n) is 5.36. The van der Waals surface area contributed by atoms with Gasteiger partial charge in [-0.05, 0) is 47.8 Å². The monoisotopic (exact) mass is 548 g/mol. The number of aliphatic carboxylic acids is 2. The number of aryl methyl sites for hydroxylation is 1. The molecule has 3 aromatic heterocycles. The van der Waals surface area contributed by atoms with Crippen molar-refractivity contribution in [1.29, 1.82) is 0 Å². The summed E-state index contributed by atoms with van der Waals surface area (Å²) in [7, 11) is 0. The van der Waals surface area contributed by atoms with E-state index in [4.69, 9.17) is 10.2 Å². The Balaban J connectivity index is 0.000000353. The molecule has 5 rings (SSSR count). The van der Waals surface area contributed by atoms with Gasteiger partial charge in [-0.1, -0.05) is 24.3 Å². The van der Waals surface area contributed by atoms with E-state index in [0.29, 0.717) is 12.0 Å². The molecule has 37 heavy (non-hydrogen) atoms. The van der Waals surface area contributed by atoms with Gasteiger partial charge in [-0.15, -0.1) is 23.7 Å². The van der Waals surface area contributed by atoms with Crippen molar-refractivity contribution in [3.05, 3.63) is 106 Å². The van der Waals surface area contributed by atoms with Crippen LogP contribution in [-0.4, -0.2) is 41.3 Å². The van der Waals surface area contributed by atoms with Crippen molar-refractivity contribution in [1.82, 2.24) is 19.1 Å². The predicted molar refractivity (Wildman–Crippen MR) is 142 cm³/mol. The average Bonchev–Trinajstić information content (AvgIpc) is 3.61. The summed E-state index contributed by atoms with van der Waals surface area (Å²) >= 11 is 1.67. The van der Waals surface area contributed by atoms with E-state index in [2.05, 4.69) is 16.0 Å². The van der Waals surface area contributed by atoms with Crippen molar-refractivity contribution >= 4 is 47.8 Å². The number of thiophene rings is 1. The molecule has 0 amide bonds. The van der Waals surface area contributed by atoms with E-state index < -0.39 is 11.9 Å². The largest absolute Gasteiger partial charge is 1.00 e. The summed E-state index contributed by atoms with van der Waals surface area (Å²) in [5.74, 6) is -1.74. The molecule has 8 nitrogen and oxygen atoms in total. The van der Waals surface area contributed by atoms with Crippen molar-refractivity contribution < 1.29 is 50.8 Å². The number of imidazole rings is 2. The minimum absolute atomic E-state index is 0. The number of aromatic nitrogens is 4. The number of halogens is 1. The Kier molecular flexibility index (Phi) is 12.0. The number of fused-ring (bicyclic) bond motifs is 1. The second-order valence-electron chi connectivity index (χ2n) is 7.96. The molecule has 11 heteroatoms. The molecule has 0 radical (unpaired) electrons. The molecule has 0 bridgehead atoms. The first-order valence-corrected chi connectivity index (χ1v) is 11.7. The van der Waals surface area contributed by atoms with Crippen LogP contribution in [0.1, 0.15) is 34.3 Å². The van der Waals surface area contributed by atoms with Crippen LogP contribution in [0.4, 0.5) is 0 Å². The summed E-state index contributed by atoms with van der Waals surface area (Å²) in [5.41, 5.74) is 3.80. The Morgan fingerprint density at radius 2 is 1.65 bits per heavy atom. The Morgan fingerprint density at radius 1 is 1.00 bits per heavy atom. The number of hydrogen-bond donors (Lipinski definition) is 2. The molecule has 0 aliphatic heterocycles. The van der Waals surface area contributed by atoms with E-state index in [0.717, 1.165) is 41.6 Å². The quantitative estimate of drug-likeness (QED) is 0.270. The Labute approximate surface area is 248 Å². The third-order valence-corrected chi connectivity index (χ3v) is 6.47. The van der Waals surface area contributed by atoms with Crippen LogP contribution in [-0.2, 0) is 29.1 Å². The first-order valence-electron chi connectivity index (χ1n) is 10.9. The van der Waals surface area contributed by atoms with Gasteiger partial charge in [0.2, 0.25) is 0 Å². The Morgan fingerprint density at radius 3 is 2.22 bits per heavy atom. The van der Waals surface area contributed by atoms with Gasteiger partial charge in [0.25, 0.3) is 0 Å². The van der Waals surface area contributed by atoms with Gasteiger partial charge in [0.05, 0.1) is 19.2 Å². The topological polar surface area (TPSA) is 110 Å². The Hall–Kier alpha value is -2.95. The Bertz CT molecular complexity index is 1350. The zero-order chi connectivity index (χ0) is 24.6. The number of carboxylic acid groups (broad SMARTS) is 2. The van der Waals surface area contributed by atoms with Gasteiger partial charge in [-0.3, -0.25) is 0 Å². The number of carbonyl (C=O) groups is 2. The summed E-state index contributed by atoms with van der Waals surface area (Å²) < 4.78 is 3.99. The molecular weight excluding hydrogens is 523 g/mol. The molecular formula is C26H26ClN4NaO4S. The second-order valence-corrected chi connectivity index (χ2v) is 9.13. The maximum Gasteiger partial charge on any atom is 1.00 e.